The van der Waals surface area contributed by atoms with Crippen molar-refractivity contribution in [2.75, 3.05) is 27.3 Å². The van der Waals surface area contributed by atoms with Crippen molar-refractivity contribution in [2.45, 2.75) is 39.2 Å². The lowest BCUT2D eigenvalue weighted by molar-refractivity contribution is -0.124. The Hall–Kier alpha value is -3.69. The summed E-state index contributed by atoms with van der Waals surface area (Å²) in [6, 6.07) is 7.80. The van der Waals surface area contributed by atoms with Crippen LogP contribution in [0, 0.1) is 11.3 Å². The summed E-state index contributed by atoms with van der Waals surface area (Å²) in [6.45, 7) is 9.19. The number of aliphatic imine (C=N–C) groups is 1. The predicted molar refractivity (Wildman–Crippen MR) is 142 cm³/mol. The lowest BCUT2D eigenvalue weighted by Gasteiger charge is -2.23. The van der Waals surface area contributed by atoms with Crippen LogP contribution in [0.15, 0.2) is 77.4 Å². The van der Waals surface area contributed by atoms with E-state index in [1.165, 1.54) is 0 Å². The second-order valence-corrected chi connectivity index (χ2v) is 8.26. The van der Waals surface area contributed by atoms with Crippen molar-refractivity contribution in [2.24, 2.45) is 4.99 Å². The number of allylic oxidation sites excluding steroid dienone is 6. The van der Waals surface area contributed by atoms with E-state index in [2.05, 4.69) is 17.6 Å². The minimum Gasteiger partial charge on any atom is -0.489 e. The summed E-state index contributed by atoms with van der Waals surface area (Å²) >= 11 is 0. The van der Waals surface area contributed by atoms with Gasteiger partial charge in [0.1, 0.15) is 17.9 Å². The minimum absolute atomic E-state index is 0.0347. The summed E-state index contributed by atoms with van der Waals surface area (Å²) in [6.07, 6.45) is 15.3. The van der Waals surface area contributed by atoms with Crippen molar-refractivity contribution in [1.82, 2.24) is 4.90 Å². The largest absolute Gasteiger partial charge is 0.489 e. The fourth-order valence-electron chi connectivity index (χ4n) is 3.45. The SMILES string of the molecule is C=C(/C=C(\N=CC)c1ccc(OC2CCOCC2)c(C#N)c1)C/C=C/C=C\C(=C/C)C(=O)N(C)C. The number of likely N-dealkylation sites (N-methyl/N-ethyl adjacent to an activating group) is 1. The van der Waals surface area contributed by atoms with Crippen molar-refractivity contribution >= 4 is 17.8 Å². The van der Waals surface area contributed by atoms with Crippen LogP contribution in [-0.4, -0.2) is 50.4 Å². The molecule has 1 aromatic rings. The van der Waals surface area contributed by atoms with Crippen molar-refractivity contribution in [3.63, 3.8) is 0 Å². The molecule has 0 saturated carbocycles. The number of hydrogen-bond acceptors (Lipinski definition) is 5. The van der Waals surface area contributed by atoms with Crippen LogP contribution in [0.1, 0.15) is 44.2 Å². The van der Waals surface area contributed by atoms with Gasteiger partial charge in [-0.3, -0.25) is 9.79 Å². The van der Waals surface area contributed by atoms with E-state index < -0.39 is 0 Å². The Kier molecular flexibility index (Phi) is 11.5. The first-order valence-corrected chi connectivity index (χ1v) is 11.8. The van der Waals surface area contributed by atoms with Crippen molar-refractivity contribution < 1.29 is 14.3 Å². The minimum atomic E-state index is -0.0347. The molecule has 0 N–H and O–H groups in total. The highest BCUT2D eigenvalue weighted by Gasteiger charge is 2.17. The van der Waals surface area contributed by atoms with Crippen LogP contribution < -0.4 is 4.74 Å². The molecular formula is C29H35N3O3. The van der Waals surface area contributed by atoms with Crippen LogP contribution in [0.25, 0.3) is 5.70 Å². The zero-order valence-electron chi connectivity index (χ0n) is 21.2. The lowest BCUT2D eigenvalue weighted by atomic mass is 10.0. The van der Waals surface area contributed by atoms with E-state index in [1.807, 2.05) is 50.3 Å². The van der Waals surface area contributed by atoms with Crippen LogP contribution in [0.3, 0.4) is 0 Å². The molecule has 1 saturated heterocycles. The third kappa shape index (κ3) is 8.88. The Balaban J connectivity index is 2.10. The normalized spacial score (nSPS) is 15.6. The van der Waals surface area contributed by atoms with Gasteiger partial charge in [0.15, 0.2) is 0 Å². The molecule has 2 rings (SSSR count). The summed E-state index contributed by atoms with van der Waals surface area (Å²) in [5, 5.41) is 9.68. The molecule has 0 bridgehead atoms. The highest BCUT2D eigenvalue weighted by molar-refractivity contribution is 5.95. The maximum absolute atomic E-state index is 12.0. The molecule has 0 aliphatic carbocycles. The molecule has 0 spiro atoms. The molecular weight excluding hydrogens is 438 g/mol. The number of carbonyl (C=O) groups is 1. The van der Waals surface area contributed by atoms with E-state index in [-0.39, 0.29) is 12.0 Å². The van der Waals surface area contributed by atoms with Gasteiger partial charge < -0.3 is 14.4 Å². The second-order valence-electron chi connectivity index (χ2n) is 8.26. The summed E-state index contributed by atoms with van der Waals surface area (Å²) in [4.78, 5) is 18.1. The van der Waals surface area contributed by atoms with Gasteiger partial charge in [0.25, 0.3) is 5.91 Å². The standard InChI is InChI=1S/C29H35N3O3/c1-6-23(29(33)32(4)5)12-10-8-9-11-22(3)19-27(31-7-2)24-13-14-28(25(20-24)21-30)35-26-15-17-34-18-16-26/h6-10,12-14,19-20,26H,3,11,15-18H2,1-2,4-5H3/b9-8+,12-10-,23-6+,27-19-,31-7?. The maximum atomic E-state index is 12.0. The molecule has 1 amide bonds. The van der Waals surface area contributed by atoms with Crippen molar-refractivity contribution in [1.29, 1.82) is 5.26 Å². The highest BCUT2D eigenvalue weighted by Crippen LogP contribution is 2.27. The zero-order chi connectivity index (χ0) is 25.6. The molecule has 6 heteroatoms. The molecule has 1 heterocycles. The Morgan fingerprint density at radius 1 is 1.29 bits per heavy atom. The van der Waals surface area contributed by atoms with Gasteiger partial charge in [-0.1, -0.05) is 30.9 Å². The smallest absolute Gasteiger partial charge is 0.252 e. The molecule has 1 aliphatic rings. The van der Waals surface area contributed by atoms with Gasteiger partial charge in [-0.05, 0) is 56.2 Å². The topological polar surface area (TPSA) is 74.9 Å². The van der Waals surface area contributed by atoms with Gasteiger partial charge in [-0.25, -0.2) is 0 Å². The molecule has 6 nitrogen and oxygen atoms in total. The van der Waals surface area contributed by atoms with Crippen LogP contribution in [0.5, 0.6) is 5.75 Å². The van der Waals surface area contributed by atoms with E-state index in [0.717, 1.165) is 29.7 Å². The van der Waals surface area contributed by atoms with E-state index in [1.54, 1.807) is 43.4 Å². The number of nitriles is 1. The van der Waals surface area contributed by atoms with Gasteiger partial charge >= 0.3 is 0 Å². The molecule has 1 fully saturated rings. The third-order valence-corrected chi connectivity index (χ3v) is 5.33. The van der Waals surface area contributed by atoms with Crippen LogP contribution in [-0.2, 0) is 9.53 Å². The van der Waals surface area contributed by atoms with Crippen LogP contribution in [0.2, 0.25) is 0 Å². The number of rotatable bonds is 10. The van der Waals surface area contributed by atoms with Crippen molar-refractivity contribution in [3.05, 3.63) is 83.5 Å². The predicted octanol–water partition coefficient (Wildman–Crippen LogP) is 5.64. The Bertz CT molecular complexity index is 1080. The number of ether oxygens (including phenoxy) is 2. The first-order valence-electron chi connectivity index (χ1n) is 11.8. The first-order chi connectivity index (χ1) is 16.9. The van der Waals surface area contributed by atoms with Crippen molar-refractivity contribution in [3.8, 4) is 11.8 Å². The number of hydrogen-bond donors (Lipinski definition) is 0. The average Bonchev–Trinajstić information content (AvgIpc) is 2.86. The highest BCUT2D eigenvalue weighted by atomic mass is 16.5. The van der Waals surface area contributed by atoms with E-state index in [4.69, 9.17) is 9.47 Å². The molecule has 184 valence electrons. The fourth-order valence-corrected chi connectivity index (χ4v) is 3.45. The summed E-state index contributed by atoms with van der Waals surface area (Å²) in [5.41, 5.74) is 3.53. The molecule has 0 atom stereocenters. The summed E-state index contributed by atoms with van der Waals surface area (Å²) < 4.78 is 11.4. The van der Waals surface area contributed by atoms with Gasteiger partial charge in [0.2, 0.25) is 0 Å². The molecule has 0 radical (unpaired) electrons. The average molecular weight is 474 g/mol. The maximum Gasteiger partial charge on any atom is 0.252 e. The Morgan fingerprint density at radius 3 is 2.66 bits per heavy atom. The molecule has 0 aromatic heterocycles. The Labute approximate surface area is 209 Å². The number of benzene rings is 1. The molecule has 1 aliphatic heterocycles. The van der Waals surface area contributed by atoms with Gasteiger partial charge in [0, 0.05) is 44.3 Å². The number of carbonyl (C=O) groups excluding carboxylic acids is 1. The first kappa shape index (κ1) is 27.6. The van der Waals surface area contributed by atoms with Crippen LogP contribution in [0.4, 0.5) is 0 Å². The van der Waals surface area contributed by atoms with Gasteiger partial charge in [-0.15, -0.1) is 0 Å². The number of nitrogens with zero attached hydrogens (tertiary/aromatic N) is 3. The number of amides is 1. The third-order valence-electron chi connectivity index (χ3n) is 5.33. The fraction of sp³-hybridized carbons (Fsp3) is 0.345. The van der Waals surface area contributed by atoms with E-state index in [0.29, 0.717) is 36.5 Å². The molecule has 1 aromatic carbocycles. The second kappa shape index (κ2) is 14.5. The van der Waals surface area contributed by atoms with E-state index >= 15 is 0 Å². The van der Waals surface area contributed by atoms with Gasteiger partial charge in [-0.2, -0.15) is 5.26 Å². The summed E-state index contributed by atoms with van der Waals surface area (Å²) in [7, 11) is 3.46. The Morgan fingerprint density at radius 2 is 2.03 bits per heavy atom. The monoisotopic (exact) mass is 473 g/mol. The summed E-state index contributed by atoms with van der Waals surface area (Å²) in [5.74, 6) is 0.553. The van der Waals surface area contributed by atoms with E-state index in [9.17, 15) is 10.1 Å². The molecule has 0 unspecified atom stereocenters. The quantitative estimate of drug-likeness (QED) is 0.250. The molecule has 35 heavy (non-hydrogen) atoms. The lowest BCUT2D eigenvalue weighted by Crippen LogP contribution is -2.26. The van der Waals surface area contributed by atoms with Crippen LogP contribution >= 0.6 is 0 Å². The zero-order valence-corrected chi connectivity index (χ0v) is 21.2. The van der Waals surface area contributed by atoms with Gasteiger partial charge in [0.05, 0.1) is 24.5 Å².